The van der Waals surface area contributed by atoms with Crippen molar-refractivity contribution in [1.29, 1.82) is 0 Å². The Morgan fingerprint density at radius 1 is 1.20 bits per heavy atom. The van der Waals surface area contributed by atoms with E-state index in [-0.39, 0.29) is 29.9 Å². The second-order valence-corrected chi connectivity index (χ2v) is 12.8. The number of amides is 1. The maximum absolute atomic E-state index is 13.7. The van der Waals surface area contributed by atoms with Gasteiger partial charge < -0.3 is 10.1 Å². The normalized spacial score (nSPS) is 18.1. The van der Waals surface area contributed by atoms with Gasteiger partial charge in [-0.2, -0.15) is 0 Å². The van der Waals surface area contributed by atoms with Gasteiger partial charge in [0.05, 0.1) is 34.4 Å². The van der Waals surface area contributed by atoms with Gasteiger partial charge in [0.25, 0.3) is 0 Å². The predicted molar refractivity (Wildman–Crippen MR) is 161 cm³/mol. The van der Waals surface area contributed by atoms with Crippen LogP contribution >= 0.6 is 22.9 Å². The van der Waals surface area contributed by atoms with Gasteiger partial charge in [0.1, 0.15) is 5.78 Å². The molecule has 40 heavy (non-hydrogen) atoms. The molecule has 1 aliphatic carbocycles. The standard InChI is InChI=1S/C31H42ClN3O4S/c1-3-6-25(36)17-23(18-30-33-27-10-9-24(32)19-29(27)40-30)31(38)34-26(22-7-4-5-8-22)11-12-28(37)21(2)20-35-13-15-39-16-14-35/h9-10,19,22-23,26H,2-8,11-18,20H2,1H3,(H,34,38)/t23-,26+/m0/s1. The number of ether oxygens (including phenoxy) is 1. The van der Waals surface area contributed by atoms with Crippen LogP contribution < -0.4 is 5.32 Å². The topological polar surface area (TPSA) is 88.6 Å². The number of nitrogens with zero attached hydrogens (tertiary/aromatic N) is 2. The maximum Gasteiger partial charge on any atom is 0.224 e. The number of carbonyl (C=O) groups is 3. The van der Waals surface area contributed by atoms with Gasteiger partial charge in [-0.3, -0.25) is 19.3 Å². The average molecular weight is 588 g/mol. The lowest BCUT2D eigenvalue weighted by molar-refractivity contribution is -0.130. The highest BCUT2D eigenvalue weighted by Gasteiger charge is 2.31. The van der Waals surface area contributed by atoms with Crippen LogP contribution in [0.3, 0.4) is 0 Å². The molecule has 2 fully saturated rings. The number of hydrogen-bond acceptors (Lipinski definition) is 7. The Labute approximate surface area is 246 Å². The molecule has 9 heteroatoms. The Morgan fingerprint density at radius 2 is 1.95 bits per heavy atom. The zero-order valence-electron chi connectivity index (χ0n) is 23.6. The van der Waals surface area contributed by atoms with Crippen LogP contribution in [0, 0.1) is 11.8 Å². The summed E-state index contributed by atoms with van der Waals surface area (Å²) >= 11 is 7.68. The third-order valence-electron chi connectivity index (χ3n) is 8.08. The van der Waals surface area contributed by atoms with E-state index >= 15 is 0 Å². The summed E-state index contributed by atoms with van der Waals surface area (Å²) in [6.07, 6.45) is 7.16. The van der Waals surface area contributed by atoms with Gasteiger partial charge in [-0.05, 0) is 49.8 Å². The molecular formula is C31H42ClN3O4S. The highest BCUT2D eigenvalue weighted by molar-refractivity contribution is 7.18. The van der Waals surface area contributed by atoms with E-state index in [4.69, 9.17) is 21.3 Å². The molecule has 0 spiro atoms. The van der Waals surface area contributed by atoms with Gasteiger partial charge in [-0.25, -0.2) is 4.98 Å². The smallest absolute Gasteiger partial charge is 0.224 e. The number of thiazole rings is 1. The lowest BCUT2D eigenvalue weighted by atomic mass is 9.90. The van der Waals surface area contributed by atoms with Crippen molar-refractivity contribution >= 4 is 50.6 Å². The molecule has 1 aromatic carbocycles. The van der Waals surface area contributed by atoms with Crippen molar-refractivity contribution in [3.63, 3.8) is 0 Å². The van der Waals surface area contributed by atoms with Crippen molar-refractivity contribution in [3.05, 3.63) is 40.4 Å². The van der Waals surface area contributed by atoms with E-state index in [1.54, 1.807) is 0 Å². The summed E-state index contributed by atoms with van der Waals surface area (Å²) in [5, 5.41) is 4.78. The van der Waals surface area contributed by atoms with Crippen molar-refractivity contribution in [3.8, 4) is 0 Å². The summed E-state index contributed by atoms with van der Waals surface area (Å²) in [7, 11) is 0. The van der Waals surface area contributed by atoms with Crippen LogP contribution in [0.25, 0.3) is 10.2 Å². The van der Waals surface area contributed by atoms with Gasteiger partial charge in [0, 0.05) is 62.0 Å². The average Bonchev–Trinajstić information content (AvgIpc) is 3.61. The molecule has 218 valence electrons. The highest BCUT2D eigenvalue weighted by atomic mass is 35.5. The third-order valence-corrected chi connectivity index (χ3v) is 9.36. The Morgan fingerprint density at radius 3 is 2.67 bits per heavy atom. The quantitative estimate of drug-likeness (QED) is 0.266. The molecule has 4 rings (SSSR count). The van der Waals surface area contributed by atoms with Crippen molar-refractivity contribution in [2.75, 3.05) is 32.8 Å². The van der Waals surface area contributed by atoms with E-state index < -0.39 is 5.92 Å². The number of Topliss-reactive ketones (excluding diaryl/α,β-unsaturated/α-hetero) is 2. The van der Waals surface area contributed by atoms with Crippen molar-refractivity contribution in [2.45, 2.75) is 77.2 Å². The largest absolute Gasteiger partial charge is 0.379 e. The Hall–Kier alpha value is -2.13. The number of rotatable bonds is 15. The highest BCUT2D eigenvalue weighted by Crippen LogP contribution is 2.31. The van der Waals surface area contributed by atoms with Crippen LogP contribution in [-0.4, -0.2) is 66.2 Å². The van der Waals surface area contributed by atoms with Crippen molar-refractivity contribution in [1.82, 2.24) is 15.2 Å². The number of halogens is 1. The number of morpholine rings is 1. The molecule has 1 aromatic heterocycles. The van der Waals surface area contributed by atoms with Crippen LogP contribution in [0.2, 0.25) is 5.02 Å². The van der Waals surface area contributed by atoms with Gasteiger partial charge in [0.15, 0.2) is 5.78 Å². The van der Waals surface area contributed by atoms with Crippen LogP contribution in [-0.2, 0) is 25.5 Å². The van der Waals surface area contributed by atoms with E-state index in [0.717, 1.165) is 60.4 Å². The Bertz CT molecular complexity index is 1190. The molecule has 1 amide bonds. The fourth-order valence-electron chi connectivity index (χ4n) is 5.82. The molecule has 0 radical (unpaired) electrons. The van der Waals surface area contributed by atoms with E-state index in [2.05, 4.69) is 16.8 Å². The number of nitrogens with one attached hydrogen (secondary N) is 1. The van der Waals surface area contributed by atoms with Gasteiger partial charge in [0.2, 0.25) is 5.91 Å². The van der Waals surface area contributed by atoms with Gasteiger partial charge in [-0.15, -0.1) is 11.3 Å². The molecule has 1 aliphatic heterocycles. The Kier molecular flexibility index (Phi) is 11.7. The van der Waals surface area contributed by atoms with Crippen LogP contribution in [0.4, 0.5) is 0 Å². The van der Waals surface area contributed by atoms with Crippen molar-refractivity contribution < 1.29 is 19.1 Å². The molecule has 0 unspecified atom stereocenters. The number of carbonyl (C=O) groups excluding carboxylic acids is 3. The maximum atomic E-state index is 13.7. The van der Waals surface area contributed by atoms with Crippen molar-refractivity contribution in [2.24, 2.45) is 11.8 Å². The van der Waals surface area contributed by atoms with Crippen LogP contribution in [0.15, 0.2) is 30.4 Å². The fourth-order valence-corrected chi connectivity index (χ4v) is 7.15. The zero-order chi connectivity index (χ0) is 28.5. The lowest BCUT2D eigenvalue weighted by Gasteiger charge is -2.28. The van der Waals surface area contributed by atoms with E-state index in [1.165, 1.54) is 11.3 Å². The SMILES string of the molecule is C=C(CN1CCOCC1)C(=O)CC[C@@H](NC(=O)[C@@H](CC(=O)CCC)Cc1nc2ccc(Cl)cc2s1)C1CCCC1. The lowest BCUT2D eigenvalue weighted by Crippen LogP contribution is -2.44. The number of hydrogen-bond donors (Lipinski definition) is 1. The summed E-state index contributed by atoms with van der Waals surface area (Å²) in [6.45, 7) is 9.60. The fraction of sp³-hybridized carbons (Fsp3) is 0.613. The van der Waals surface area contributed by atoms with E-state index in [1.807, 2.05) is 25.1 Å². The third kappa shape index (κ3) is 8.93. The van der Waals surface area contributed by atoms with Gasteiger partial charge >= 0.3 is 0 Å². The summed E-state index contributed by atoms with van der Waals surface area (Å²) in [6, 6.07) is 5.49. The zero-order valence-corrected chi connectivity index (χ0v) is 25.2. The summed E-state index contributed by atoms with van der Waals surface area (Å²) in [4.78, 5) is 46.3. The first-order valence-corrected chi connectivity index (χ1v) is 15.9. The molecule has 2 atom stereocenters. The minimum Gasteiger partial charge on any atom is -0.379 e. The predicted octanol–water partition coefficient (Wildman–Crippen LogP) is 5.78. The Balaban J connectivity index is 1.42. The minimum atomic E-state index is -0.494. The summed E-state index contributed by atoms with van der Waals surface area (Å²) < 4.78 is 6.38. The van der Waals surface area contributed by atoms with Crippen LogP contribution in [0.1, 0.15) is 69.7 Å². The number of ketones is 2. The first-order chi connectivity index (χ1) is 19.3. The summed E-state index contributed by atoms with van der Waals surface area (Å²) in [5.41, 5.74) is 1.47. The number of benzene rings is 1. The molecule has 1 saturated carbocycles. The summed E-state index contributed by atoms with van der Waals surface area (Å²) in [5.74, 6) is -0.101. The molecule has 1 N–H and O–H groups in total. The van der Waals surface area contributed by atoms with E-state index in [0.29, 0.717) is 62.0 Å². The molecular weight excluding hydrogens is 546 g/mol. The number of fused-ring (bicyclic) bond motifs is 1. The molecule has 2 aliphatic rings. The molecule has 2 heterocycles. The second kappa shape index (κ2) is 15.2. The van der Waals surface area contributed by atoms with Gasteiger partial charge in [-0.1, -0.05) is 37.9 Å². The molecule has 1 saturated heterocycles. The first kappa shape index (κ1) is 30.8. The molecule has 0 bridgehead atoms. The minimum absolute atomic E-state index is 0.0616. The first-order valence-electron chi connectivity index (χ1n) is 14.7. The second-order valence-electron chi connectivity index (χ2n) is 11.2. The van der Waals surface area contributed by atoms with E-state index in [9.17, 15) is 14.4 Å². The number of aromatic nitrogens is 1. The molecule has 2 aromatic rings. The molecule has 7 nitrogen and oxygen atoms in total. The van der Waals surface area contributed by atoms with Crippen LogP contribution in [0.5, 0.6) is 0 Å². The monoisotopic (exact) mass is 587 g/mol.